The number of nitrogens with zero attached hydrogens (tertiary/aromatic N) is 2. The Morgan fingerprint density at radius 1 is 0.774 bits per heavy atom. The van der Waals surface area contributed by atoms with Gasteiger partial charge in [0.15, 0.2) is 0 Å². The van der Waals surface area contributed by atoms with Crippen molar-refractivity contribution in [2.75, 3.05) is 6.54 Å². The van der Waals surface area contributed by atoms with E-state index in [2.05, 4.69) is 0 Å². The van der Waals surface area contributed by atoms with Crippen LogP contribution in [0.15, 0.2) is 90.6 Å². The van der Waals surface area contributed by atoms with Crippen molar-refractivity contribution in [1.29, 1.82) is 0 Å². The molecule has 156 valence electrons. The maximum atomic E-state index is 13.5. The lowest BCUT2D eigenvalue weighted by Crippen LogP contribution is -2.34. The van der Waals surface area contributed by atoms with Crippen molar-refractivity contribution in [1.82, 2.24) is 9.80 Å². The summed E-state index contributed by atoms with van der Waals surface area (Å²) in [6.07, 6.45) is 0. The first kappa shape index (κ1) is 20.5. The van der Waals surface area contributed by atoms with Gasteiger partial charge in [-0.25, -0.2) is 4.39 Å². The average molecular weight is 414 g/mol. The number of carbonyl (C=O) groups is 2. The third-order valence-electron chi connectivity index (χ3n) is 5.37. The minimum atomic E-state index is -0.355. The zero-order valence-electron chi connectivity index (χ0n) is 17.3. The Bertz CT molecular complexity index is 1110. The highest BCUT2D eigenvalue weighted by Crippen LogP contribution is 2.33. The van der Waals surface area contributed by atoms with Crippen LogP contribution in [0.4, 0.5) is 4.39 Å². The van der Waals surface area contributed by atoms with Crippen molar-refractivity contribution in [2.45, 2.75) is 20.0 Å². The molecule has 2 amide bonds. The van der Waals surface area contributed by atoms with Gasteiger partial charge in [0.05, 0.1) is 12.1 Å². The van der Waals surface area contributed by atoms with E-state index in [0.29, 0.717) is 35.5 Å². The van der Waals surface area contributed by atoms with E-state index in [1.807, 2.05) is 72.5 Å². The van der Waals surface area contributed by atoms with Gasteiger partial charge < -0.3 is 4.90 Å². The van der Waals surface area contributed by atoms with E-state index < -0.39 is 0 Å². The van der Waals surface area contributed by atoms with Crippen molar-refractivity contribution >= 4 is 17.4 Å². The zero-order chi connectivity index (χ0) is 21.8. The lowest BCUT2D eigenvalue weighted by molar-refractivity contribution is -0.138. The Morgan fingerprint density at radius 3 is 2.00 bits per heavy atom. The van der Waals surface area contributed by atoms with Crippen LogP contribution in [0.25, 0.3) is 5.57 Å². The fourth-order valence-corrected chi connectivity index (χ4v) is 3.79. The van der Waals surface area contributed by atoms with Gasteiger partial charge in [0, 0.05) is 13.1 Å². The number of hydrogen-bond acceptors (Lipinski definition) is 3. The number of rotatable bonds is 7. The number of likely N-dealkylation sites (N-methyl/N-ethyl adjacent to an activating group) is 1. The minimum absolute atomic E-state index is 0.0979. The molecule has 0 aromatic heterocycles. The van der Waals surface area contributed by atoms with Gasteiger partial charge in [0.2, 0.25) is 0 Å². The molecule has 4 nitrogen and oxygen atoms in total. The van der Waals surface area contributed by atoms with Crippen molar-refractivity contribution in [3.05, 3.63) is 113 Å². The Labute approximate surface area is 181 Å². The predicted octanol–water partition coefficient (Wildman–Crippen LogP) is 4.63. The third-order valence-corrected chi connectivity index (χ3v) is 5.37. The maximum absolute atomic E-state index is 13.5. The highest BCUT2D eigenvalue weighted by Gasteiger charge is 2.41. The monoisotopic (exact) mass is 414 g/mol. The second-order valence-corrected chi connectivity index (χ2v) is 7.41. The normalized spacial score (nSPS) is 13.8. The molecule has 0 spiro atoms. The summed E-state index contributed by atoms with van der Waals surface area (Å²) in [4.78, 5) is 30.1. The molecule has 31 heavy (non-hydrogen) atoms. The highest BCUT2D eigenvalue weighted by molar-refractivity contribution is 6.35. The van der Waals surface area contributed by atoms with Crippen LogP contribution >= 0.6 is 0 Å². The quantitative estimate of drug-likeness (QED) is 0.530. The SMILES string of the molecule is CCN(Cc1ccccc1)C1=C(c2ccccc2)C(=O)N(Cc2ccc(F)cc2)C1=O. The molecule has 5 heteroatoms. The van der Waals surface area contributed by atoms with E-state index in [4.69, 9.17) is 0 Å². The molecule has 3 aromatic carbocycles. The Balaban J connectivity index is 1.73. The standard InChI is InChI=1S/C26H23FN2O2/c1-2-28(17-19-9-5-3-6-10-19)24-23(21-11-7-4-8-12-21)25(30)29(26(24)31)18-20-13-15-22(27)16-14-20/h3-16H,2,17-18H2,1H3. The van der Waals surface area contributed by atoms with Crippen molar-refractivity contribution in [3.63, 3.8) is 0 Å². The molecule has 0 radical (unpaired) electrons. The summed E-state index contributed by atoms with van der Waals surface area (Å²) in [7, 11) is 0. The minimum Gasteiger partial charge on any atom is -0.362 e. The highest BCUT2D eigenvalue weighted by atomic mass is 19.1. The molecule has 0 fully saturated rings. The third kappa shape index (κ3) is 4.26. The van der Waals surface area contributed by atoms with E-state index in [-0.39, 0.29) is 24.2 Å². The van der Waals surface area contributed by atoms with Crippen molar-refractivity contribution in [3.8, 4) is 0 Å². The summed E-state index contributed by atoms with van der Waals surface area (Å²) in [5.41, 5.74) is 3.28. The van der Waals surface area contributed by atoms with Crippen LogP contribution in [0.5, 0.6) is 0 Å². The van der Waals surface area contributed by atoms with Crippen LogP contribution < -0.4 is 0 Å². The Morgan fingerprint density at radius 2 is 1.39 bits per heavy atom. The first-order valence-electron chi connectivity index (χ1n) is 10.3. The molecular weight excluding hydrogens is 391 g/mol. The molecule has 1 aliphatic rings. The fourth-order valence-electron chi connectivity index (χ4n) is 3.79. The second-order valence-electron chi connectivity index (χ2n) is 7.41. The first-order chi connectivity index (χ1) is 15.1. The van der Waals surface area contributed by atoms with Crippen LogP contribution in [0.2, 0.25) is 0 Å². The topological polar surface area (TPSA) is 40.6 Å². The summed E-state index contributed by atoms with van der Waals surface area (Å²) < 4.78 is 13.3. The molecule has 3 aromatic rings. The molecule has 0 bridgehead atoms. The van der Waals surface area contributed by atoms with E-state index in [9.17, 15) is 14.0 Å². The summed E-state index contributed by atoms with van der Waals surface area (Å²) in [5, 5.41) is 0. The van der Waals surface area contributed by atoms with Gasteiger partial charge in [-0.1, -0.05) is 72.8 Å². The molecule has 0 saturated carbocycles. The molecule has 0 N–H and O–H groups in total. The second kappa shape index (κ2) is 8.96. The number of amides is 2. The van der Waals surface area contributed by atoms with Gasteiger partial charge in [0.25, 0.3) is 11.8 Å². The van der Waals surface area contributed by atoms with Gasteiger partial charge in [-0.2, -0.15) is 0 Å². The number of hydrogen-bond donors (Lipinski definition) is 0. The zero-order valence-corrected chi connectivity index (χ0v) is 17.3. The number of benzene rings is 3. The van der Waals surface area contributed by atoms with Gasteiger partial charge in [-0.05, 0) is 35.7 Å². The van der Waals surface area contributed by atoms with Crippen LogP contribution in [0, 0.1) is 5.82 Å². The van der Waals surface area contributed by atoms with Crippen molar-refractivity contribution < 1.29 is 14.0 Å². The van der Waals surface area contributed by atoms with Crippen LogP contribution in [-0.2, 0) is 22.7 Å². The largest absolute Gasteiger partial charge is 0.362 e. The van der Waals surface area contributed by atoms with E-state index in [1.54, 1.807) is 12.1 Å². The summed E-state index contributed by atoms with van der Waals surface area (Å²) in [5.74, 6) is -1.01. The molecule has 0 unspecified atom stereocenters. The van der Waals surface area contributed by atoms with Gasteiger partial charge in [-0.15, -0.1) is 0 Å². The molecule has 0 aliphatic carbocycles. The summed E-state index contributed by atoms with van der Waals surface area (Å²) in [6.45, 7) is 3.16. The van der Waals surface area contributed by atoms with Crippen molar-refractivity contribution in [2.24, 2.45) is 0 Å². The first-order valence-corrected chi connectivity index (χ1v) is 10.3. The Kier molecular flexibility index (Phi) is 5.94. The summed E-state index contributed by atoms with van der Waals surface area (Å²) in [6, 6.07) is 25.0. The molecule has 0 atom stereocenters. The van der Waals surface area contributed by atoms with Gasteiger partial charge in [-0.3, -0.25) is 14.5 Å². The van der Waals surface area contributed by atoms with Crippen LogP contribution in [0.3, 0.4) is 0 Å². The van der Waals surface area contributed by atoms with Gasteiger partial charge in [0.1, 0.15) is 11.5 Å². The number of imide groups is 1. The molecular formula is C26H23FN2O2. The predicted molar refractivity (Wildman–Crippen MR) is 118 cm³/mol. The van der Waals surface area contributed by atoms with Crippen LogP contribution in [0.1, 0.15) is 23.6 Å². The Hall–Kier alpha value is -3.73. The van der Waals surface area contributed by atoms with E-state index in [0.717, 1.165) is 5.56 Å². The smallest absolute Gasteiger partial charge is 0.278 e. The molecule has 1 heterocycles. The average Bonchev–Trinajstić information content (AvgIpc) is 3.05. The lowest BCUT2D eigenvalue weighted by atomic mass is 10.0. The van der Waals surface area contributed by atoms with Crippen LogP contribution in [-0.4, -0.2) is 28.2 Å². The molecule has 0 saturated heterocycles. The lowest BCUT2D eigenvalue weighted by Gasteiger charge is -2.25. The number of halogens is 1. The number of carbonyl (C=O) groups excluding carboxylic acids is 2. The van der Waals surface area contributed by atoms with E-state index in [1.165, 1.54) is 17.0 Å². The molecule has 4 rings (SSSR count). The fraction of sp³-hybridized carbons (Fsp3) is 0.154. The van der Waals surface area contributed by atoms with E-state index >= 15 is 0 Å². The molecule has 1 aliphatic heterocycles. The van der Waals surface area contributed by atoms with Gasteiger partial charge >= 0.3 is 0 Å². The maximum Gasteiger partial charge on any atom is 0.278 e. The summed E-state index contributed by atoms with van der Waals surface area (Å²) >= 11 is 0.